The summed E-state index contributed by atoms with van der Waals surface area (Å²) in [6, 6.07) is 0. The van der Waals surface area contributed by atoms with Crippen LogP contribution >= 0.6 is 11.3 Å². The molecule has 1 amide bonds. The molecule has 0 bridgehead atoms. The Morgan fingerprint density at radius 1 is 1.21 bits per heavy atom. The zero-order chi connectivity index (χ0) is 20.5. The largest absolute Gasteiger partial charge is 0.465 e. The van der Waals surface area contributed by atoms with Gasteiger partial charge in [0.25, 0.3) is 10.0 Å². The van der Waals surface area contributed by atoms with E-state index in [-0.39, 0.29) is 15.7 Å². The van der Waals surface area contributed by atoms with Crippen molar-refractivity contribution >= 4 is 33.2 Å². The molecule has 0 aliphatic carbocycles. The van der Waals surface area contributed by atoms with Gasteiger partial charge in [0.2, 0.25) is 5.91 Å². The molecule has 1 atom stereocenters. The summed E-state index contributed by atoms with van der Waals surface area (Å²) in [5.41, 5.74) is 0.894. The smallest absolute Gasteiger partial charge is 0.340 e. The molecule has 1 fully saturated rings. The first-order valence-electron chi connectivity index (χ1n) is 9.80. The van der Waals surface area contributed by atoms with E-state index in [1.807, 2.05) is 0 Å². The summed E-state index contributed by atoms with van der Waals surface area (Å²) in [6.07, 6.45) is 3.55. The molecule has 2 aliphatic rings. The van der Waals surface area contributed by atoms with Gasteiger partial charge in [0.15, 0.2) is 0 Å². The molecule has 0 N–H and O–H groups in total. The number of fused-ring (bicyclic) bond motifs is 1. The topological polar surface area (TPSA) is 84.0 Å². The van der Waals surface area contributed by atoms with Crippen LogP contribution in [-0.2, 0) is 32.5 Å². The third-order valence-electron chi connectivity index (χ3n) is 5.63. The van der Waals surface area contributed by atoms with Crippen LogP contribution in [-0.4, -0.2) is 56.2 Å². The zero-order valence-corrected chi connectivity index (χ0v) is 18.3. The number of nitrogens with zero attached hydrogens (tertiary/aromatic N) is 2. The van der Waals surface area contributed by atoms with Crippen molar-refractivity contribution in [3.05, 3.63) is 16.0 Å². The second-order valence-corrected chi connectivity index (χ2v) is 10.8. The van der Waals surface area contributed by atoms with E-state index in [0.717, 1.165) is 41.0 Å². The van der Waals surface area contributed by atoms with Crippen molar-refractivity contribution in [1.82, 2.24) is 9.21 Å². The van der Waals surface area contributed by atoms with Gasteiger partial charge in [-0.05, 0) is 30.7 Å². The van der Waals surface area contributed by atoms with Gasteiger partial charge in [0.1, 0.15) is 4.21 Å². The molecule has 0 spiro atoms. The molecular weight excluding hydrogens is 400 g/mol. The molecule has 1 saturated heterocycles. The Balaban J connectivity index is 1.94. The van der Waals surface area contributed by atoms with Crippen molar-refractivity contribution in [1.29, 1.82) is 0 Å². The lowest BCUT2D eigenvalue weighted by Crippen LogP contribution is -2.36. The summed E-state index contributed by atoms with van der Waals surface area (Å²) >= 11 is 1.12. The lowest BCUT2D eigenvalue weighted by atomic mass is 10.0. The normalized spacial score (nSPS) is 18.8. The number of amides is 1. The fourth-order valence-corrected chi connectivity index (χ4v) is 7.26. The zero-order valence-electron chi connectivity index (χ0n) is 16.7. The molecule has 28 heavy (non-hydrogen) atoms. The minimum absolute atomic E-state index is 0.0717. The Bertz CT molecular complexity index is 856. The predicted octanol–water partition coefficient (Wildman–Crippen LogP) is 2.64. The number of carbonyl (C=O) groups excluding carboxylic acids is 2. The summed E-state index contributed by atoms with van der Waals surface area (Å²) in [5, 5.41) is 0. The number of carbonyl (C=O) groups is 2. The van der Waals surface area contributed by atoms with Crippen LogP contribution in [0.15, 0.2) is 4.21 Å². The quantitative estimate of drug-likeness (QED) is 0.651. The average Bonchev–Trinajstić information content (AvgIpc) is 3.35. The number of sulfonamides is 1. The van der Waals surface area contributed by atoms with Crippen molar-refractivity contribution in [2.75, 3.05) is 26.7 Å². The summed E-state index contributed by atoms with van der Waals surface area (Å²) in [4.78, 5) is 27.6. The molecule has 1 aromatic rings. The first kappa shape index (κ1) is 21.3. The lowest BCUT2D eigenvalue weighted by Gasteiger charge is -2.28. The van der Waals surface area contributed by atoms with E-state index >= 15 is 0 Å². The highest BCUT2D eigenvalue weighted by Gasteiger charge is 2.38. The SMILES string of the molecule is CC[C@@H](C)CC(=O)N1CCc2c(sc(S(=O)(=O)N3CCCC3)c2C(=O)OC)C1. The van der Waals surface area contributed by atoms with Gasteiger partial charge in [-0.25, -0.2) is 13.2 Å². The minimum atomic E-state index is -3.73. The van der Waals surface area contributed by atoms with E-state index in [1.165, 1.54) is 11.4 Å². The van der Waals surface area contributed by atoms with E-state index < -0.39 is 16.0 Å². The van der Waals surface area contributed by atoms with Gasteiger partial charge in [-0.2, -0.15) is 4.31 Å². The van der Waals surface area contributed by atoms with E-state index in [1.54, 1.807) is 4.90 Å². The molecule has 3 rings (SSSR count). The van der Waals surface area contributed by atoms with Crippen molar-refractivity contribution < 1.29 is 22.7 Å². The van der Waals surface area contributed by atoms with Crippen LogP contribution in [0, 0.1) is 5.92 Å². The molecule has 1 aromatic heterocycles. The second kappa shape index (κ2) is 8.51. The molecule has 7 nitrogen and oxygen atoms in total. The Labute approximate surface area is 170 Å². The summed E-state index contributed by atoms with van der Waals surface area (Å²) in [5.74, 6) is -0.222. The highest BCUT2D eigenvalue weighted by Crippen LogP contribution is 2.39. The van der Waals surface area contributed by atoms with Gasteiger partial charge < -0.3 is 9.64 Å². The summed E-state index contributed by atoms with van der Waals surface area (Å²) < 4.78 is 32.7. The maximum atomic E-state index is 13.1. The van der Waals surface area contributed by atoms with Crippen LogP contribution in [0.25, 0.3) is 0 Å². The fraction of sp³-hybridized carbons (Fsp3) is 0.684. The number of hydrogen-bond donors (Lipinski definition) is 0. The van der Waals surface area contributed by atoms with E-state index in [2.05, 4.69) is 13.8 Å². The minimum Gasteiger partial charge on any atom is -0.465 e. The van der Waals surface area contributed by atoms with Crippen molar-refractivity contribution in [2.45, 2.75) is 56.7 Å². The van der Waals surface area contributed by atoms with Crippen LogP contribution in [0.3, 0.4) is 0 Å². The highest BCUT2D eigenvalue weighted by atomic mass is 32.2. The van der Waals surface area contributed by atoms with Gasteiger partial charge in [-0.3, -0.25) is 4.79 Å². The predicted molar refractivity (Wildman–Crippen MR) is 107 cm³/mol. The fourth-order valence-electron chi connectivity index (χ4n) is 3.70. The molecule has 3 heterocycles. The number of esters is 1. The van der Waals surface area contributed by atoms with Crippen LogP contribution in [0.2, 0.25) is 0 Å². The highest BCUT2D eigenvalue weighted by molar-refractivity contribution is 7.91. The van der Waals surface area contributed by atoms with Gasteiger partial charge in [0.05, 0.1) is 19.2 Å². The number of thiophene rings is 1. The molecule has 2 aliphatic heterocycles. The number of hydrogen-bond acceptors (Lipinski definition) is 6. The van der Waals surface area contributed by atoms with Gasteiger partial charge >= 0.3 is 5.97 Å². The molecule has 9 heteroatoms. The van der Waals surface area contributed by atoms with E-state index in [9.17, 15) is 18.0 Å². The monoisotopic (exact) mass is 428 g/mol. The first-order valence-corrected chi connectivity index (χ1v) is 12.1. The van der Waals surface area contributed by atoms with Crippen molar-refractivity contribution in [2.24, 2.45) is 5.92 Å². The van der Waals surface area contributed by atoms with Gasteiger partial charge in [-0.15, -0.1) is 11.3 Å². The molecule has 0 aromatic carbocycles. The Morgan fingerprint density at radius 2 is 1.89 bits per heavy atom. The molecule has 0 unspecified atom stereocenters. The molecule has 0 saturated carbocycles. The molecule has 156 valence electrons. The lowest BCUT2D eigenvalue weighted by molar-refractivity contribution is -0.133. The van der Waals surface area contributed by atoms with Gasteiger partial charge in [-0.1, -0.05) is 20.3 Å². The number of rotatable bonds is 6. The van der Waals surface area contributed by atoms with E-state index in [0.29, 0.717) is 44.9 Å². The maximum absolute atomic E-state index is 13.1. The maximum Gasteiger partial charge on any atom is 0.340 e. The summed E-state index contributed by atoms with van der Waals surface area (Å²) in [6.45, 7) is 5.91. The van der Waals surface area contributed by atoms with Crippen LogP contribution in [0.4, 0.5) is 0 Å². The molecular formula is C19H28N2O5S2. The molecule has 0 radical (unpaired) electrons. The third kappa shape index (κ3) is 3.97. The standard InChI is InChI=1S/C19H28N2O5S2/c1-4-13(2)11-16(22)20-10-7-14-15(12-20)27-19(17(14)18(23)26-3)28(24,25)21-8-5-6-9-21/h13H,4-12H2,1-3H3/t13-/m1/s1. The second-order valence-electron chi connectivity index (χ2n) is 7.55. The van der Waals surface area contributed by atoms with Crippen LogP contribution < -0.4 is 0 Å². The summed E-state index contributed by atoms with van der Waals surface area (Å²) in [7, 11) is -2.46. The van der Waals surface area contributed by atoms with Gasteiger partial charge in [0, 0.05) is 30.9 Å². The Hall–Kier alpha value is -1.45. The number of ether oxygens (including phenoxy) is 1. The van der Waals surface area contributed by atoms with Crippen molar-refractivity contribution in [3.8, 4) is 0 Å². The van der Waals surface area contributed by atoms with Crippen LogP contribution in [0.1, 0.15) is 60.3 Å². The van der Waals surface area contributed by atoms with Crippen LogP contribution in [0.5, 0.6) is 0 Å². The third-order valence-corrected chi connectivity index (χ3v) is 9.24. The average molecular weight is 429 g/mol. The van der Waals surface area contributed by atoms with E-state index in [4.69, 9.17) is 4.74 Å². The Kier molecular flexibility index (Phi) is 6.46. The number of methoxy groups -OCH3 is 1. The Morgan fingerprint density at radius 3 is 2.50 bits per heavy atom. The van der Waals surface area contributed by atoms with Crippen molar-refractivity contribution in [3.63, 3.8) is 0 Å². The first-order chi connectivity index (χ1) is 13.3.